The van der Waals surface area contributed by atoms with E-state index in [0.29, 0.717) is 30.3 Å². The average molecular weight is 547 g/mol. The fraction of sp³-hybridized carbons (Fsp3) is 0.562. The lowest BCUT2D eigenvalue weighted by molar-refractivity contribution is -0.124. The first-order chi connectivity index (χ1) is 19.3. The molecule has 1 saturated heterocycles. The van der Waals surface area contributed by atoms with E-state index in [1.165, 1.54) is 0 Å². The molecule has 2 aliphatic rings. The number of hydrogen-bond donors (Lipinski definition) is 1. The van der Waals surface area contributed by atoms with E-state index < -0.39 is 0 Å². The minimum absolute atomic E-state index is 0.0480. The number of nitrogens with one attached hydrogen (secondary N) is 1. The lowest BCUT2D eigenvalue weighted by atomic mass is 9.90. The van der Waals surface area contributed by atoms with Crippen LogP contribution in [0, 0.1) is 11.3 Å². The van der Waals surface area contributed by atoms with Crippen LogP contribution in [0.4, 0.5) is 0 Å². The number of oxazole rings is 1. The molecule has 8 nitrogen and oxygen atoms in total. The average Bonchev–Trinajstić information content (AvgIpc) is 3.44. The zero-order valence-electron chi connectivity index (χ0n) is 24.1. The van der Waals surface area contributed by atoms with Gasteiger partial charge >= 0.3 is 0 Å². The van der Waals surface area contributed by atoms with Crippen LogP contribution in [0.3, 0.4) is 0 Å². The minimum Gasteiger partial charge on any atom is -0.438 e. The van der Waals surface area contributed by atoms with Crippen LogP contribution in [0.1, 0.15) is 83.6 Å². The highest BCUT2D eigenvalue weighted by Crippen LogP contribution is 2.59. The summed E-state index contributed by atoms with van der Waals surface area (Å²) < 4.78 is 7.89. The number of amides is 1. The SMILES string of the molecule is CCC(=O)CCCCC[C@H](NC(=O)[C@H]1CC12CCN(CC)CC2)c1ncc(-c2ccc3c(ccc(=O)n3C)c2)o1. The second-order valence-electron chi connectivity index (χ2n) is 11.7. The van der Waals surface area contributed by atoms with Gasteiger partial charge in [-0.1, -0.05) is 26.7 Å². The number of benzene rings is 1. The van der Waals surface area contributed by atoms with E-state index in [0.717, 1.165) is 81.0 Å². The number of rotatable bonds is 12. The predicted molar refractivity (Wildman–Crippen MR) is 156 cm³/mol. The molecule has 1 aromatic carbocycles. The number of fused-ring (bicyclic) bond motifs is 1. The first-order valence-corrected chi connectivity index (χ1v) is 14.9. The molecule has 5 rings (SSSR count). The van der Waals surface area contributed by atoms with Crippen molar-refractivity contribution in [2.45, 2.75) is 77.7 Å². The van der Waals surface area contributed by atoms with Gasteiger partial charge in [-0.15, -0.1) is 0 Å². The number of Topliss-reactive ketones (excluding diaryl/α,β-unsaturated/α-hetero) is 1. The van der Waals surface area contributed by atoms with Crippen LogP contribution < -0.4 is 10.9 Å². The van der Waals surface area contributed by atoms with Gasteiger partial charge in [-0.05, 0) is 86.8 Å². The van der Waals surface area contributed by atoms with Crippen LogP contribution in [0.25, 0.3) is 22.2 Å². The second kappa shape index (κ2) is 12.1. The summed E-state index contributed by atoms with van der Waals surface area (Å²) in [6.45, 7) is 7.32. The standard InChI is InChI=1S/C32H42N4O4/c1-4-24(37)9-7-6-8-10-26(34-30(39)25-20-32(25)15-17-36(5-2)18-16-32)31-33-21-28(40-31)23-11-13-27-22(19-23)12-14-29(38)35(27)3/h11-14,19,21,25-26H,4-10,15-18,20H2,1-3H3,(H,34,39)/t25-,26+/m1/s1. The molecule has 8 heteroatoms. The molecule has 0 radical (unpaired) electrons. The van der Waals surface area contributed by atoms with Crippen molar-refractivity contribution in [3.05, 3.63) is 52.8 Å². The fourth-order valence-corrected chi connectivity index (χ4v) is 6.26. The summed E-state index contributed by atoms with van der Waals surface area (Å²) in [4.78, 5) is 44.2. The van der Waals surface area contributed by atoms with Crippen LogP contribution in [0.2, 0.25) is 0 Å². The molecular weight excluding hydrogens is 504 g/mol. The Morgan fingerprint density at radius 3 is 2.67 bits per heavy atom. The van der Waals surface area contributed by atoms with Gasteiger partial charge < -0.3 is 19.2 Å². The molecule has 2 fully saturated rings. The summed E-state index contributed by atoms with van der Waals surface area (Å²) in [6, 6.07) is 8.92. The van der Waals surface area contributed by atoms with E-state index in [4.69, 9.17) is 4.42 Å². The van der Waals surface area contributed by atoms with Crippen molar-refractivity contribution < 1.29 is 14.0 Å². The molecular formula is C32H42N4O4. The quantitative estimate of drug-likeness (QED) is 0.306. The van der Waals surface area contributed by atoms with Gasteiger partial charge in [0.05, 0.1) is 11.7 Å². The van der Waals surface area contributed by atoms with Crippen LogP contribution in [-0.4, -0.2) is 45.8 Å². The van der Waals surface area contributed by atoms with Crippen LogP contribution in [0.5, 0.6) is 0 Å². The molecule has 1 saturated carbocycles. The summed E-state index contributed by atoms with van der Waals surface area (Å²) in [7, 11) is 1.76. The first-order valence-electron chi connectivity index (χ1n) is 14.9. The van der Waals surface area contributed by atoms with Crippen LogP contribution in [0.15, 0.2) is 45.7 Å². The van der Waals surface area contributed by atoms with Crippen LogP contribution in [-0.2, 0) is 16.6 Å². The Bertz CT molecular complexity index is 1420. The maximum Gasteiger partial charge on any atom is 0.250 e. The molecule has 1 N–H and O–H groups in total. The van der Waals surface area contributed by atoms with E-state index in [2.05, 4.69) is 22.1 Å². The number of carbonyl (C=O) groups is 2. The highest BCUT2D eigenvalue weighted by molar-refractivity contribution is 5.84. The maximum absolute atomic E-state index is 13.4. The normalized spacial score (nSPS) is 19.1. The van der Waals surface area contributed by atoms with E-state index >= 15 is 0 Å². The molecule has 1 aliphatic carbocycles. The van der Waals surface area contributed by atoms with Gasteiger partial charge in [-0.2, -0.15) is 0 Å². The van der Waals surface area contributed by atoms with Crippen molar-refractivity contribution in [3.8, 4) is 11.3 Å². The van der Waals surface area contributed by atoms with Gasteiger partial charge in [0, 0.05) is 37.4 Å². The third-order valence-electron chi connectivity index (χ3n) is 9.20. The molecule has 3 aromatic rings. The summed E-state index contributed by atoms with van der Waals surface area (Å²) in [6.07, 6.45) is 9.46. The number of likely N-dealkylation sites (tertiary alicyclic amines) is 1. The first kappa shape index (κ1) is 28.3. The van der Waals surface area contributed by atoms with Crippen LogP contribution >= 0.6 is 0 Å². The Morgan fingerprint density at radius 2 is 1.93 bits per heavy atom. The molecule has 2 aromatic heterocycles. The van der Waals surface area contributed by atoms with Crippen molar-refractivity contribution in [3.63, 3.8) is 0 Å². The number of ketones is 1. The zero-order chi connectivity index (χ0) is 28.3. The topological polar surface area (TPSA) is 97.4 Å². The summed E-state index contributed by atoms with van der Waals surface area (Å²) in [5, 5.41) is 4.24. The van der Waals surface area contributed by atoms with Gasteiger partial charge in [0.1, 0.15) is 11.8 Å². The number of aryl methyl sites for hydroxylation is 1. The van der Waals surface area contributed by atoms with Crippen molar-refractivity contribution in [1.29, 1.82) is 0 Å². The molecule has 0 bridgehead atoms. The molecule has 2 atom stereocenters. The minimum atomic E-state index is -0.308. The molecule has 214 valence electrons. The van der Waals surface area contributed by atoms with Crippen molar-refractivity contribution in [2.24, 2.45) is 18.4 Å². The third-order valence-corrected chi connectivity index (χ3v) is 9.20. The lowest BCUT2D eigenvalue weighted by Gasteiger charge is -2.32. The lowest BCUT2D eigenvalue weighted by Crippen LogP contribution is -2.37. The van der Waals surface area contributed by atoms with Gasteiger partial charge in [0.25, 0.3) is 5.56 Å². The largest absolute Gasteiger partial charge is 0.438 e. The van der Waals surface area contributed by atoms with Gasteiger partial charge in [0.2, 0.25) is 11.8 Å². The Hall–Kier alpha value is -3.26. The Balaban J connectivity index is 1.29. The van der Waals surface area contributed by atoms with Crippen molar-refractivity contribution in [2.75, 3.05) is 19.6 Å². The van der Waals surface area contributed by atoms with Gasteiger partial charge in [-0.25, -0.2) is 4.98 Å². The predicted octanol–water partition coefficient (Wildman–Crippen LogP) is 5.40. The number of aromatic nitrogens is 2. The molecule has 1 amide bonds. The van der Waals surface area contributed by atoms with Gasteiger partial charge in [-0.3, -0.25) is 14.4 Å². The Kier molecular flexibility index (Phi) is 8.54. The highest BCUT2D eigenvalue weighted by Gasteiger charge is 2.58. The van der Waals surface area contributed by atoms with E-state index in [9.17, 15) is 14.4 Å². The van der Waals surface area contributed by atoms with E-state index in [1.807, 2.05) is 31.2 Å². The van der Waals surface area contributed by atoms with Crippen molar-refractivity contribution >= 4 is 22.6 Å². The number of piperidine rings is 1. The number of pyridine rings is 1. The highest BCUT2D eigenvalue weighted by atomic mass is 16.4. The Labute approximate surface area is 236 Å². The summed E-state index contributed by atoms with van der Waals surface area (Å²) >= 11 is 0. The summed E-state index contributed by atoms with van der Waals surface area (Å²) in [5.74, 6) is 1.63. The van der Waals surface area contributed by atoms with E-state index in [1.54, 1.807) is 23.9 Å². The smallest absolute Gasteiger partial charge is 0.250 e. The Morgan fingerprint density at radius 1 is 1.12 bits per heavy atom. The number of carbonyl (C=O) groups excluding carboxylic acids is 2. The monoisotopic (exact) mass is 546 g/mol. The molecule has 3 heterocycles. The molecule has 1 aliphatic heterocycles. The third kappa shape index (κ3) is 6.07. The molecule has 0 unspecified atom stereocenters. The maximum atomic E-state index is 13.4. The zero-order valence-corrected chi connectivity index (χ0v) is 24.1. The summed E-state index contributed by atoms with van der Waals surface area (Å²) in [5.41, 5.74) is 1.84. The van der Waals surface area contributed by atoms with Gasteiger partial charge in [0.15, 0.2) is 5.76 Å². The second-order valence-corrected chi connectivity index (χ2v) is 11.7. The number of nitrogens with zero attached hydrogens (tertiary/aromatic N) is 3. The van der Waals surface area contributed by atoms with E-state index in [-0.39, 0.29) is 28.8 Å². The van der Waals surface area contributed by atoms with Crippen molar-refractivity contribution in [1.82, 2.24) is 19.8 Å². The fourth-order valence-electron chi connectivity index (χ4n) is 6.26. The molecule has 40 heavy (non-hydrogen) atoms. The molecule has 1 spiro atoms. The number of unbranched alkanes of at least 4 members (excludes halogenated alkanes) is 2. The number of hydrogen-bond acceptors (Lipinski definition) is 6.